The van der Waals surface area contributed by atoms with Crippen LogP contribution in [0.5, 0.6) is 0 Å². The molecule has 0 fully saturated rings. The average molecular weight is 311 g/mol. The topological polar surface area (TPSA) is 26.3 Å². The van der Waals surface area contributed by atoms with Gasteiger partial charge in [0.2, 0.25) is 0 Å². The first-order chi connectivity index (χ1) is 10.5. The van der Waals surface area contributed by atoms with Crippen LogP contribution in [0.25, 0.3) is 0 Å². The predicted octanol–water partition coefficient (Wildman–Crippen LogP) is 6.44. The zero-order valence-corrected chi connectivity index (χ0v) is 15.5. The van der Waals surface area contributed by atoms with E-state index in [1.807, 2.05) is 20.8 Å². The minimum absolute atomic E-state index is 0.0838. The highest BCUT2D eigenvalue weighted by Gasteiger charge is 2.22. The molecular weight excluding hydrogens is 272 g/mol. The Morgan fingerprint density at radius 2 is 1.32 bits per heavy atom. The minimum Gasteiger partial charge on any atom is -0.465 e. The summed E-state index contributed by atoms with van der Waals surface area (Å²) in [5, 5.41) is 0. The summed E-state index contributed by atoms with van der Waals surface area (Å²) in [5.74, 6) is -0.0838. The number of hydrogen-bond acceptors (Lipinski definition) is 2. The van der Waals surface area contributed by atoms with Crippen LogP contribution >= 0.6 is 0 Å². The molecule has 0 heterocycles. The van der Waals surface area contributed by atoms with Gasteiger partial charge in [0.25, 0.3) is 0 Å². The molecule has 22 heavy (non-hydrogen) atoms. The molecule has 0 aromatic carbocycles. The van der Waals surface area contributed by atoms with Gasteiger partial charge in [0.1, 0.15) is 0 Å². The van der Waals surface area contributed by atoms with E-state index in [1.165, 1.54) is 64.2 Å². The maximum Gasteiger partial charge on any atom is 0.311 e. The fraction of sp³-hybridized carbons (Fsp3) is 0.850. The van der Waals surface area contributed by atoms with Crippen molar-refractivity contribution in [2.24, 2.45) is 5.41 Å². The molecule has 0 rings (SSSR count). The lowest BCUT2D eigenvalue weighted by Crippen LogP contribution is -2.23. The number of allylic oxidation sites excluding steroid dienone is 2. The van der Waals surface area contributed by atoms with Gasteiger partial charge in [-0.3, -0.25) is 4.79 Å². The number of hydrogen-bond donors (Lipinski definition) is 0. The first kappa shape index (κ1) is 21.2. The molecule has 2 nitrogen and oxygen atoms in total. The van der Waals surface area contributed by atoms with Crippen LogP contribution in [-0.2, 0) is 9.53 Å². The van der Waals surface area contributed by atoms with Crippen molar-refractivity contribution in [1.82, 2.24) is 0 Å². The van der Waals surface area contributed by atoms with Crippen molar-refractivity contribution in [3.05, 3.63) is 12.2 Å². The second-order valence-electron chi connectivity index (χ2n) is 7.26. The van der Waals surface area contributed by atoms with Crippen molar-refractivity contribution >= 4 is 5.97 Å². The lowest BCUT2D eigenvalue weighted by Gasteiger charge is -2.16. The Morgan fingerprint density at radius 3 is 1.86 bits per heavy atom. The summed E-state index contributed by atoms with van der Waals surface area (Å²) in [6.45, 7) is 8.51. The Labute approximate surface area is 138 Å². The van der Waals surface area contributed by atoms with Crippen molar-refractivity contribution in [2.45, 2.75) is 98.3 Å². The highest BCUT2D eigenvalue weighted by atomic mass is 16.5. The second-order valence-corrected chi connectivity index (χ2v) is 7.26. The van der Waals surface area contributed by atoms with Gasteiger partial charge in [-0.15, -0.1) is 0 Å². The Hall–Kier alpha value is -0.790. The van der Waals surface area contributed by atoms with Crippen LogP contribution in [0.3, 0.4) is 0 Å². The third-order valence-electron chi connectivity index (χ3n) is 3.75. The SMILES string of the molecule is CCCC/C=C/CCCCCCCCCOC(=O)C(C)(C)C. The van der Waals surface area contributed by atoms with Gasteiger partial charge in [0.15, 0.2) is 0 Å². The number of carbonyl (C=O) groups excluding carboxylic acids is 1. The summed E-state index contributed by atoms with van der Waals surface area (Å²) in [4.78, 5) is 11.6. The van der Waals surface area contributed by atoms with Gasteiger partial charge in [-0.1, -0.05) is 64.0 Å². The number of ether oxygens (including phenoxy) is 1. The van der Waals surface area contributed by atoms with Crippen molar-refractivity contribution in [2.75, 3.05) is 6.61 Å². The largest absolute Gasteiger partial charge is 0.465 e. The maximum absolute atomic E-state index is 11.6. The fourth-order valence-corrected chi connectivity index (χ4v) is 2.19. The Balaban J connectivity index is 3.21. The van der Waals surface area contributed by atoms with E-state index in [0.29, 0.717) is 6.61 Å². The Kier molecular flexibility index (Phi) is 13.3. The van der Waals surface area contributed by atoms with E-state index in [0.717, 1.165) is 6.42 Å². The molecule has 0 N–H and O–H groups in total. The summed E-state index contributed by atoms with van der Waals surface area (Å²) < 4.78 is 5.26. The average Bonchev–Trinajstić information content (AvgIpc) is 2.46. The molecule has 0 unspecified atom stereocenters. The van der Waals surface area contributed by atoms with Gasteiger partial charge < -0.3 is 4.74 Å². The van der Waals surface area contributed by atoms with Crippen LogP contribution in [0.2, 0.25) is 0 Å². The zero-order chi connectivity index (χ0) is 16.7. The molecule has 0 atom stereocenters. The molecular formula is C20H38O2. The molecule has 130 valence electrons. The highest BCUT2D eigenvalue weighted by Crippen LogP contribution is 2.15. The summed E-state index contributed by atoms with van der Waals surface area (Å²) >= 11 is 0. The third kappa shape index (κ3) is 14.2. The standard InChI is InChI=1S/C20H38O2/c1-5-6-7-8-9-10-11-12-13-14-15-16-17-18-22-19(21)20(2,3)4/h8-9H,5-7,10-18H2,1-4H3/b9-8+. The molecule has 0 bridgehead atoms. The maximum atomic E-state index is 11.6. The van der Waals surface area contributed by atoms with E-state index >= 15 is 0 Å². The van der Waals surface area contributed by atoms with E-state index < -0.39 is 0 Å². The quantitative estimate of drug-likeness (QED) is 0.222. The van der Waals surface area contributed by atoms with Crippen LogP contribution < -0.4 is 0 Å². The smallest absolute Gasteiger partial charge is 0.311 e. The third-order valence-corrected chi connectivity index (χ3v) is 3.75. The van der Waals surface area contributed by atoms with Crippen molar-refractivity contribution in [3.63, 3.8) is 0 Å². The summed E-state index contributed by atoms with van der Waals surface area (Å²) in [5.41, 5.74) is -0.370. The molecule has 0 aliphatic carbocycles. The van der Waals surface area contributed by atoms with Crippen LogP contribution in [0.1, 0.15) is 98.3 Å². The molecule has 0 aliphatic rings. The molecule has 0 saturated carbocycles. The van der Waals surface area contributed by atoms with Crippen molar-refractivity contribution < 1.29 is 9.53 Å². The lowest BCUT2D eigenvalue weighted by molar-refractivity contribution is -0.153. The van der Waals surface area contributed by atoms with E-state index in [2.05, 4.69) is 19.1 Å². The fourth-order valence-electron chi connectivity index (χ4n) is 2.19. The van der Waals surface area contributed by atoms with Crippen molar-refractivity contribution in [3.8, 4) is 0 Å². The highest BCUT2D eigenvalue weighted by molar-refractivity contribution is 5.75. The van der Waals surface area contributed by atoms with Gasteiger partial charge in [0, 0.05) is 0 Å². The number of carbonyl (C=O) groups is 1. The van der Waals surface area contributed by atoms with E-state index in [9.17, 15) is 4.79 Å². The minimum atomic E-state index is -0.370. The summed E-state index contributed by atoms with van der Waals surface area (Å²) in [6, 6.07) is 0. The number of unbranched alkanes of at least 4 members (excludes halogenated alkanes) is 9. The van der Waals surface area contributed by atoms with Gasteiger partial charge in [-0.25, -0.2) is 0 Å². The van der Waals surface area contributed by atoms with Crippen LogP contribution in [0.15, 0.2) is 12.2 Å². The first-order valence-corrected chi connectivity index (χ1v) is 9.30. The summed E-state index contributed by atoms with van der Waals surface area (Å²) in [7, 11) is 0. The monoisotopic (exact) mass is 310 g/mol. The number of rotatable bonds is 13. The Morgan fingerprint density at radius 1 is 0.818 bits per heavy atom. The molecule has 0 radical (unpaired) electrons. The molecule has 0 aromatic heterocycles. The molecule has 0 saturated heterocycles. The van der Waals surface area contributed by atoms with Crippen LogP contribution in [0, 0.1) is 5.41 Å². The Bertz CT molecular complexity index is 287. The second kappa shape index (κ2) is 13.8. The molecule has 0 spiro atoms. The number of esters is 1. The summed E-state index contributed by atoms with van der Waals surface area (Å²) in [6.07, 6.45) is 18.5. The predicted molar refractivity (Wildman–Crippen MR) is 96.0 cm³/mol. The van der Waals surface area contributed by atoms with Crippen LogP contribution in [-0.4, -0.2) is 12.6 Å². The van der Waals surface area contributed by atoms with E-state index in [-0.39, 0.29) is 11.4 Å². The van der Waals surface area contributed by atoms with Gasteiger partial charge in [-0.05, 0) is 46.5 Å². The lowest BCUT2D eigenvalue weighted by atomic mass is 9.97. The molecule has 2 heteroatoms. The van der Waals surface area contributed by atoms with Crippen molar-refractivity contribution in [1.29, 1.82) is 0 Å². The normalized spacial score (nSPS) is 12.0. The van der Waals surface area contributed by atoms with Crippen LogP contribution in [0.4, 0.5) is 0 Å². The van der Waals surface area contributed by atoms with Gasteiger partial charge >= 0.3 is 5.97 Å². The first-order valence-electron chi connectivity index (χ1n) is 9.30. The molecule has 0 aliphatic heterocycles. The van der Waals surface area contributed by atoms with E-state index in [4.69, 9.17) is 4.74 Å². The van der Waals surface area contributed by atoms with Gasteiger partial charge in [-0.2, -0.15) is 0 Å². The van der Waals surface area contributed by atoms with E-state index in [1.54, 1.807) is 0 Å². The molecule has 0 amide bonds. The van der Waals surface area contributed by atoms with Gasteiger partial charge in [0.05, 0.1) is 12.0 Å². The molecule has 0 aromatic rings. The zero-order valence-electron chi connectivity index (χ0n) is 15.5.